The molecule has 1 aliphatic heterocycles. The minimum absolute atomic E-state index is 0.575. The third-order valence-electron chi connectivity index (χ3n) is 2.65. The van der Waals surface area contributed by atoms with Crippen LogP contribution in [0.4, 0.5) is 0 Å². The van der Waals surface area contributed by atoms with Crippen molar-refractivity contribution in [1.29, 1.82) is 0 Å². The van der Waals surface area contributed by atoms with Crippen LogP contribution in [0, 0.1) is 0 Å². The quantitative estimate of drug-likeness (QED) is 0.669. The Bertz CT molecular complexity index is 568. The zero-order chi connectivity index (χ0) is 12.2. The normalized spacial score (nSPS) is 16.5. The van der Waals surface area contributed by atoms with Crippen LogP contribution in [0.3, 0.4) is 0 Å². The number of hydrogen-bond donors (Lipinski definition) is 0. The lowest BCUT2D eigenvalue weighted by molar-refractivity contribution is -0.0431. The van der Waals surface area contributed by atoms with Gasteiger partial charge >= 0.3 is 0 Å². The molecule has 1 aliphatic rings. The molecule has 4 heteroatoms. The molecular weight excluding hydrogens is 348 g/mol. The average Bonchev–Trinajstić information content (AvgIpc) is 2.50. The first-order chi connectivity index (χ1) is 7.94. The van der Waals surface area contributed by atoms with Crippen molar-refractivity contribution in [3.05, 3.63) is 33.2 Å². The van der Waals surface area contributed by atoms with E-state index in [2.05, 4.69) is 44.0 Å². The van der Waals surface area contributed by atoms with Crippen molar-refractivity contribution < 1.29 is 9.47 Å². The third kappa shape index (κ3) is 1.93. The standard InChI is InChI=1S/C13H10Br2O2/c1-13(2)16-11-5-7-3-9(14)10(15)4-8(7)6-12(11)17-13/h3-6H,1-2H3. The van der Waals surface area contributed by atoms with Crippen LogP contribution < -0.4 is 9.47 Å². The zero-order valence-electron chi connectivity index (χ0n) is 9.38. The predicted molar refractivity (Wildman–Crippen MR) is 74.7 cm³/mol. The Morgan fingerprint density at radius 1 is 0.824 bits per heavy atom. The minimum Gasteiger partial charge on any atom is -0.449 e. The van der Waals surface area contributed by atoms with Crippen LogP contribution in [-0.4, -0.2) is 5.79 Å². The molecule has 0 N–H and O–H groups in total. The molecule has 88 valence electrons. The summed E-state index contributed by atoms with van der Waals surface area (Å²) in [6.45, 7) is 3.81. The smallest absolute Gasteiger partial charge is 0.246 e. The van der Waals surface area contributed by atoms with Crippen LogP contribution in [0.25, 0.3) is 10.8 Å². The van der Waals surface area contributed by atoms with E-state index in [0.717, 1.165) is 31.2 Å². The lowest BCUT2D eigenvalue weighted by Crippen LogP contribution is -2.29. The molecule has 0 fully saturated rings. The summed E-state index contributed by atoms with van der Waals surface area (Å²) in [6.07, 6.45) is 0. The largest absolute Gasteiger partial charge is 0.449 e. The minimum atomic E-state index is -0.575. The van der Waals surface area contributed by atoms with E-state index in [1.165, 1.54) is 0 Å². The van der Waals surface area contributed by atoms with Gasteiger partial charge in [0.25, 0.3) is 0 Å². The summed E-state index contributed by atoms with van der Waals surface area (Å²) in [6, 6.07) is 8.15. The lowest BCUT2D eigenvalue weighted by atomic mass is 10.1. The molecule has 0 aromatic heterocycles. The Morgan fingerprint density at radius 3 is 1.65 bits per heavy atom. The van der Waals surface area contributed by atoms with Gasteiger partial charge in [-0.05, 0) is 66.9 Å². The first-order valence-electron chi connectivity index (χ1n) is 5.25. The van der Waals surface area contributed by atoms with Crippen molar-refractivity contribution in [3.63, 3.8) is 0 Å². The second kappa shape index (κ2) is 3.62. The Balaban J connectivity index is 2.23. The Morgan fingerprint density at radius 2 is 1.24 bits per heavy atom. The van der Waals surface area contributed by atoms with E-state index in [4.69, 9.17) is 9.47 Å². The Labute approximate surface area is 116 Å². The van der Waals surface area contributed by atoms with Crippen molar-refractivity contribution in [3.8, 4) is 11.5 Å². The molecule has 0 spiro atoms. The van der Waals surface area contributed by atoms with Crippen LogP contribution >= 0.6 is 31.9 Å². The first-order valence-corrected chi connectivity index (χ1v) is 6.84. The fourth-order valence-electron chi connectivity index (χ4n) is 1.96. The SMILES string of the molecule is CC1(C)Oc2cc3cc(Br)c(Br)cc3cc2O1. The monoisotopic (exact) mass is 356 g/mol. The van der Waals surface area contributed by atoms with Crippen molar-refractivity contribution in [2.45, 2.75) is 19.6 Å². The fourth-order valence-corrected chi connectivity index (χ4v) is 2.68. The number of rotatable bonds is 0. The molecule has 17 heavy (non-hydrogen) atoms. The van der Waals surface area contributed by atoms with Crippen LogP contribution in [0.1, 0.15) is 13.8 Å². The highest BCUT2D eigenvalue weighted by Gasteiger charge is 2.31. The van der Waals surface area contributed by atoms with E-state index >= 15 is 0 Å². The molecule has 3 rings (SSSR count). The van der Waals surface area contributed by atoms with Gasteiger partial charge < -0.3 is 9.47 Å². The van der Waals surface area contributed by atoms with Crippen LogP contribution in [-0.2, 0) is 0 Å². The highest BCUT2D eigenvalue weighted by atomic mass is 79.9. The summed E-state index contributed by atoms with van der Waals surface area (Å²) in [5.41, 5.74) is 0. The highest BCUT2D eigenvalue weighted by Crippen LogP contribution is 2.43. The molecule has 0 aliphatic carbocycles. The Hall–Kier alpha value is -0.740. The van der Waals surface area contributed by atoms with Gasteiger partial charge in [0.1, 0.15) is 0 Å². The van der Waals surface area contributed by atoms with Gasteiger partial charge in [0.15, 0.2) is 11.5 Å². The van der Waals surface area contributed by atoms with Crippen LogP contribution in [0.15, 0.2) is 33.2 Å². The molecule has 0 saturated heterocycles. The van der Waals surface area contributed by atoms with Crippen molar-refractivity contribution in [2.24, 2.45) is 0 Å². The molecule has 0 atom stereocenters. The van der Waals surface area contributed by atoms with Gasteiger partial charge in [-0.2, -0.15) is 0 Å². The van der Waals surface area contributed by atoms with Gasteiger partial charge in [-0.1, -0.05) is 0 Å². The van der Waals surface area contributed by atoms with Gasteiger partial charge in [0.05, 0.1) is 0 Å². The number of fused-ring (bicyclic) bond motifs is 2. The molecule has 2 aromatic rings. The molecule has 0 amide bonds. The summed E-state index contributed by atoms with van der Waals surface area (Å²) in [5, 5.41) is 2.25. The van der Waals surface area contributed by atoms with Crippen molar-refractivity contribution in [2.75, 3.05) is 0 Å². The number of halogens is 2. The van der Waals surface area contributed by atoms with Gasteiger partial charge in [-0.3, -0.25) is 0 Å². The van der Waals surface area contributed by atoms with E-state index < -0.39 is 5.79 Å². The van der Waals surface area contributed by atoms with E-state index in [1.807, 2.05) is 26.0 Å². The number of ether oxygens (including phenoxy) is 2. The number of hydrogen-bond acceptors (Lipinski definition) is 2. The lowest BCUT2D eigenvalue weighted by Gasteiger charge is -2.16. The maximum Gasteiger partial charge on any atom is 0.246 e. The summed E-state index contributed by atoms with van der Waals surface area (Å²) in [5.74, 6) is 1.03. The molecule has 0 unspecified atom stereocenters. The maximum atomic E-state index is 5.72. The Kier molecular flexibility index (Phi) is 2.42. The first kappa shape index (κ1) is 11.4. The van der Waals surface area contributed by atoms with Crippen LogP contribution in [0.5, 0.6) is 11.5 Å². The van der Waals surface area contributed by atoms with E-state index in [-0.39, 0.29) is 0 Å². The second-order valence-corrected chi connectivity index (χ2v) is 6.23. The van der Waals surface area contributed by atoms with Gasteiger partial charge in [-0.25, -0.2) is 0 Å². The van der Waals surface area contributed by atoms with Crippen molar-refractivity contribution in [1.82, 2.24) is 0 Å². The van der Waals surface area contributed by atoms with Gasteiger partial charge in [0, 0.05) is 22.8 Å². The molecular formula is C13H10Br2O2. The van der Waals surface area contributed by atoms with Crippen molar-refractivity contribution >= 4 is 42.6 Å². The van der Waals surface area contributed by atoms with E-state index in [0.29, 0.717) is 0 Å². The second-order valence-electron chi connectivity index (χ2n) is 4.52. The zero-order valence-corrected chi connectivity index (χ0v) is 12.6. The van der Waals surface area contributed by atoms with E-state index in [1.54, 1.807) is 0 Å². The van der Waals surface area contributed by atoms with Crippen LogP contribution in [0.2, 0.25) is 0 Å². The summed E-state index contributed by atoms with van der Waals surface area (Å²) < 4.78 is 13.5. The van der Waals surface area contributed by atoms with Gasteiger partial charge in [-0.15, -0.1) is 0 Å². The van der Waals surface area contributed by atoms with E-state index in [9.17, 15) is 0 Å². The molecule has 0 radical (unpaired) electrons. The summed E-state index contributed by atoms with van der Waals surface area (Å²) in [7, 11) is 0. The topological polar surface area (TPSA) is 18.5 Å². The highest BCUT2D eigenvalue weighted by molar-refractivity contribution is 9.13. The molecule has 1 heterocycles. The third-order valence-corrected chi connectivity index (χ3v) is 4.50. The average molecular weight is 358 g/mol. The summed E-state index contributed by atoms with van der Waals surface area (Å²) >= 11 is 7.00. The van der Waals surface area contributed by atoms with Gasteiger partial charge in [0.2, 0.25) is 5.79 Å². The molecule has 0 bridgehead atoms. The number of benzene rings is 2. The summed E-state index contributed by atoms with van der Waals surface area (Å²) in [4.78, 5) is 0. The molecule has 2 aromatic carbocycles. The fraction of sp³-hybridized carbons (Fsp3) is 0.231. The molecule has 0 saturated carbocycles. The predicted octanol–water partition coefficient (Wildman–Crippen LogP) is 4.87. The molecule has 2 nitrogen and oxygen atoms in total. The maximum absolute atomic E-state index is 5.72.